The van der Waals surface area contributed by atoms with Crippen molar-refractivity contribution in [2.24, 2.45) is 11.8 Å². The summed E-state index contributed by atoms with van der Waals surface area (Å²) in [5, 5.41) is 3.29. The molecule has 1 saturated heterocycles. The fourth-order valence-electron chi connectivity index (χ4n) is 1.57. The number of terminal acetylenes is 1. The summed E-state index contributed by atoms with van der Waals surface area (Å²) >= 11 is 0. The predicted molar refractivity (Wildman–Crippen MR) is 51.9 cm³/mol. The molecule has 0 bridgehead atoms. The van der Waals surface area contributed by atoms with E-state index in [0.29, 0.717) is 0 Å². The first kappa shape index (κ1) is 9.57. The Labute approximate surface area is 75.3 Å². The Morgan fingerprint density at radius 2 is 2.33 bits per heavy atom. The van der Waals surface area contributed by atoms with Crippen molar-refractivity contribution in [2.75, 3.05) is 33.2 Å². The Kier molecular flexibility index (Phi) is 3.58. The van der Waals surface area contributed by atoms with Gasteiger partial charge in [-0.05, 0) is 32.0 Å². The zero-order chi connectivity index (χ0) is 8.97. The molecule has 0 saturated carbocycles. The van der Waals surface area contributed by atoms with Gasteiger partial charge in [-0.2, -0.15) is 0 Å². The van der Waals surface area contributed by atoms with Crippen molar-refractivity contribution >= 4 is 0 Å². The molecular weight excluding hydrogens is 148 g/mol. The summed E-state index contributed by atoms with van der Waals surface area (Å²) in [4.78, 5) is 2.21. The van der Waals surface area contributed by atoms with Crippen molar-refractivity contribution in [3.05, 3.63) is 0 Å². The van der Waals surface area contributed by atoms with E-state index in [2.05, 4.69) is 30.1 Å². The second-order valence-electron chi connectivity index (χ2n) is 3.80. The predicted octanol–water partition coefficient (Wildman–Crippen LogP) is 0.407. The Morgan fingerprint density at radius 1 is 1.67 bits per heavy atom. The molecule has 1 unspecified atom stereocenters. The Balaban J connectivity index is 2.16. The lowest BCUT2D eigenvalue weighted by Gasteiger charge is -2.34. The maximum atomic E-state index is 5.22. The summed E-state index contributed by atoms with van der Waals surface area (Å²) in [6.07, 6.45) is 5.22. The maximum absolute atomic E-state index is 5.22. The van der Waals surface area contributed by atoms with Crippen molar-refractivity contribution in [2.45, 2.75) is 6.92 Å². The second-order valence-corrected chi connectivity index (χ2v) is 3.80. The molecule has 12 heavy (non-hydrogen) atoms. The van der Waals surface area contributed by atoms with Gasteiger partial charge in [0.15, 0.2) is 0 Å². The average Bonchev–Trinajstić information content (AvgIpc) is 1.82. The molecule has 0 aromatic rings. The summed E-state index contributed by atoms with van der Waals surface area (Å²) in [5.41, 5.74) is 0. The van der Waals surface area contributed by atoms with E-state index in [0.717, 1.165) is 24.9 Å². The minimum atomic E-state index is 0.768. The van der Waals surface area contributed by atoms with E-state index < -0.39 is 0 Å². The topological polar surface area (TPSA) is 15.3 Å². The number of nitrogens with zero attached hydrogens (tertiary/aromatic N) is 1. The first-order chi connectivity index (χ1) is 5.74. The Bertz CT molecular complexity index is 167. The van der Waals surface area contributed by atoms with Gasteiger partial charge in [0.2, 0.25) is 0 Å². The molecule has 1 atom stereocenters. The molecule has 1 fully saturated rings. The van der Waals surface area contributed by atoms with Crippen LogP contribution in [0, 0.1) is 24.2 Å². The van der Waals surface area contributed by atoms with Crippen LogP contribution in [0.4, 0.5) is 0 Å². The number of hydrogen-bond donors (Lipinski definition) is 1. The van der Waals surface area contributed by atoms with Crippen LogP contribution >= 0.6 is 0 Å². The largest absolute Gasteiger partial charge is 0.316 e. The van der Waals surface area contributed by atoms with Crippen molar-refractivity contribution in [1.29, 1.82) is 0 Å². The van der Waals surface area contributed by atoms with Crippen LogP contribution in [0.15, 0.2) is 0 Å². The summed E-state index contributed by atoms with van der Waals surface area (Å²) in [6, 6.07) is 0. The van der Waals surface area contributed by atoms with Gasteiger partial charge in [0, 0.05) is 6.54 Å². The van der Waals surface area contributed by atoms with Crippen LogP contribution in [0.3, 0.4) is 0 Å². The van der Waals surface area contributed by atoms with Crippen LogP contribution < -0.4 is 5.32 Å². The third-order valence-electron chi connectivity index (χ3n) is 2.58. The van der Waals surface area contributed by atoms with E-state index in [9.17, 15) is 0 Å². The van der Waals surface area contributed by atoms with E-state index in [1.54, 1.807) is 0 Å². The van der Waals surface area contributed by atoms with E-state index in [1.807, 2.05) is 0 Å². The monoisotopic (exact) mass is 166 g/mol. The smallest absolute Gasteiger partial charge is 0.0596 e. The maximum Gasteiger partial charge on any atom is 0.0596 e. The standard InChI is InChI=1S/C10H18N2/c1-4-5-12(3)8-9(2)10-6-11-7-10/h1,9-11H,5-8H2,2-3H3. The molecule has 0 aromatic carbocycles. The lowest BCUT2D eigenvalue weighted by molar-refractivity contribution is 0.195. The molecule has 1 aliphatic rings. The van der Waals surface area contributed by atoms with Crippen LogP contribution in [0.5, 0.6) is 0 Å². The highest BCUT2D eigenvalue weighted by Crippen LogP contribution is 2.16. The molecule has 1 N–H and O–H groups in total. The van der Waals surface area contributed by atoms with Gasteiger partial charge in [0.25, 0.3) is 0 Å². The van der Waals surface area contributed by atoms with Gasteiger partial charge in [0.05, 0.1) is 6.54 Å². The fourth-order valence-corrected chi connectivity index (χ4v) is 1.57. The first-order valence-electron chi connectivity index (χ1n) is 4.56. The molecule has 1 aliphatic heterocycles. The fraction of sp³-hybridized carbons (Fsp3) is 0.800. The summed E-state index contributed by atoms with van der Waals surface area (Å²) in [5.74, 6) is 4.29. The molecule has 0 aromatic heterocycles. The van der Waals surface area contributed by atoms with Gasteiger partial charge in [-0.25, -0.2) is 0 Å². The molecule has 2 nitrogen and oxygen atoms in total. The second kappa shape index (κ2) is 4.49. The highest BCUT2D eigenvalue weighted by atomic mass is 15.1. The normalized spacial score (nSPS) is 20.2. The third kappa shape index (κ3) is 2.51. The third-order valence-corrected chi connectivity index (χ3v) is 2.58. The first-order valence-corrected chi connectivity index (χ1v) is 4.56. The zero-order valence-electron chi connectivity index (χ0n) is 8.01. The summed E-state index contributed by atoms with van der Waals surface area (Å²) in [6.45, 7) is 6.57. The average molecular weight is 166 g/mol. The minimum Gasteiger partial charge on any atom is -0.316 e. The van der Waals surface area contributed by atoms with E-state index in [1.165, 1.54) is 13.1 Å². The van der Waals surface area contributed by atoms with Gasteiger partial charge in [-0.1, -0.05) is 12.8 Å². The van der Waals surface area contributed by atoms with Crippen LogP contribution in [0.1, 0.15) is 6.92 Å². The van der Waals surface area contributed by atoms with E-state index >= 15 is 0 Å². The van der Waals surface area contributed by atoms with Crippen molar-refractivity contribution in [1.82, 2.24) is 10.2 Å². The molecule has 0 radical (unpaired) electrons. The number of nitrogens with one attached hydrogen (secondary N) is 1. The minimum absolute atomic E-state index is 0.768. The molecule has 1 rings (SSSR count). The van der Waals surface area contributed by atoms with Gasteiger partial charge in [-0.15, -0.1) is 6.42 Å². The number of rotatable bonds is 4. The van der Waals surface area contributed by atoms with Gasteiger partial charge < -0.3 is 5.32 Å². The van der Waals surface area contributed by atoms with E-state index in [-0.39, 0.29) is 0 Å². The van der Waals surface area contributed by atoms with Gasteiger partial charge in [-0.3, -0.25) is 4.90 Å². The highest BCUT2D eigenvalue weighted by Gasteiger charge is 2.23. The number of hydrogen-bond acceptors (Lipinski definition) is 2. The SMILES string of the molecule is C#CCN(C)CC(C)C1CNC1. The lowest BCUT2D eigenvalue weighted by atomic mass is 9.89. The molecule has 68 valence electrons. The van der Waals surface area contributed by atoms with Gasteiger partial charge in [0.1, 0.15) is 0 Å². The molecule has 0 amide bonds. The molecule has 0 spiro atoms. The van der Waals surface area contributed by atoms with Crippen LogP contribution in [0.2, 0.25) is 0 Å². The van der Waals surface area contributed by atoms with Gasteiger partial charge >= 0.3 is 0 Å². The van der Waals surface area contributed by atoms with E-state index in [4.69, 9.17) is 6.42 Å². The van der Waals surface area contributed by atoms with Crippen molar-refractivity contribution < 1.29 is 0 Å². The molecule has 1 heterocycles. The van der Waals surface area contributed by atoms with Crippen LogP contribution in [-0.2, 0) is 0 Å². The zero-order valence-corrected chi connectivity index (χ0v) is 8.01. The molecule has 2 heteroatoms. The molecule has 0 aliphatic carbocycles. The Hall–Kier alpha value is -0.520. The summed E-state index contributed by atoms with van der Waals surface area (Å²) in [7, 11) is 2.09. The highest BCUT2D eigenvalue weighted by molar-refractivity contribution is 4.88. The summed E-state index contributed by atoms with van der Waals surface area (Å²) < 4.78 is 0. The van der Waals surface area contributed by atoms with Crippen LogP contribution in [-0.4, -0.2) is 38.1 Å². The van der Waals surface area contributed by atoms with Crippen LogP contribution in [0.25, 0.3) is 0 Å². The quantitative estimate of drug-likeness (QED) is 0.608. The molecular formula is C10H18N2. The van der Waals surface area contributed by atoms with Crippen molar-refractivity contribution in [3.8, 4) is 12.3 Å². The Morgan fingerprint density at radius 3 is 2.75 bits per heavy atom. The lowest BCUT2D eigenvalue weighted by Crippen LogP contribution is -2.47. The van der Waals surface area contributed by atoms with Crippen molar-refractivity contribution in [3.63, 3.8) is 0 Å².